The molecule has 0 aliphatic rings. The quantitative estimate of drug-likeness (QED) is 0.681. The van der Waals surface area contributed by atoms with Crippen molar-refractivity contribution in [1.29, 1.82) is 0 Å². The molecule has 0 aliphatic heterocycles. The van der Waals surface area contributed by atoms with Crippen LogP contribution in [0.2, 0.25) is 0 Å². The Hall–Kier alpha value is -3.15. The lowest BCUT2D eigenvalue weighted by Gasteiger charge is -2.16. The summed E-state index contributed by atoms with van der Waals surface area (Å²) in [6, 6.07) is 15.5. The van der Waals surface area contributed by atoms with E-state index in [1.54, 1.807) is 7.05 Å². The predicted molar refractivity (Wildman–Crippen MR) is 97.6 cm³/mol. The molecule has 26 heavy (non-hydrogen) atoms. The molecule has 1 heterocycles. The molecule has 2 aromatic carbocycles. The highest BCUT2D eigenvalue weighted by molar-refractivity contribution is 5.77. The van der Waals surface area contributed by atoms with Crippen LogP contribution in [-0.4, -0.2) is 34.6 Å². The molecule has 3 aromatic rings. The van der Waals surface area contributed by atoms with Crippen molar-refractivity contribution in [2.45, 2.75) is 20.4 Å². The maximum absolute atomic E-state index is 12.3. The molecule has 0 saturated carbocycles. The van der Waals surface area contributed by atoms with Gasteiger partial charge < -0.3 is 14.2 Å². The van der Waals surface area contributed by atoms with E-state index in [1.165, 1.54) is 4.90 Å². The second kappa shape index (κ2) is 7.82. The molecular weight excluding hydrogens is 330 g/mol. The number of rotatable bonds is 6. The number of hydrogen-bond acceptors (Lipinski definition) is 5. The van der Waals surface area contributed by atoms with Crippen molar-refractivity contribution in [3.63, 3.8) is 0 Å². The molecule has 6 heteroatoms. The van der Waals surface area contributed by atoms with Crippen LogP contribution in [-0.2, 0) is 11.3 Å². The Morgan fingerprint density at radius 2 is 1.92 bits per heavy atom. The predicted octanol–water partition coefficient (Wildman–Crippen LogP) is 3.39. The normalized spacial score (nSPS) is 10.6. The summed E-state index contributed by atoms with van der Waals surface area (Å²) in [7, 11) is 1.68. The van der Waals surface area contributed by atoms with Crippen molar-refractivity contribution >= 4 is 5.91 Å². The molecule has 0 atom stereocenters. The third-order valence-corrected chi connectivity index (χ3v) is 3.99. The monoisotopic (exact) mass is 351 g/mol. The number of amides is 1. The van der Waals surface area contributed by atoms with Crippen LogP contribution in [0.15, 0.2) is 53.1 Å². The number of nitrogens with zero attached hydrogens (tertiary/aromatic N) is 3. The number of carbonyl (C=O) groups is 1. The fraction of sp³-hybridized carbons (Fsp3) is 0.250. The van der Waals surface area contributed by atoms with Crippen LogP contribution in [0.5, 0.6) is 5.75 Å². The minimum atomic E-state index is -0.162. The Balaban J connectivity index is 1.58. The Labute approximate surface area is 152 Å². The van der Waals surface area contributed by atoms with Gasteiger partial charge in [0, 0.05) is 12.6 Å². The van der Waals surface area contributed by atoms with Crippen LogP contribution in [0.4, 0.5) is 0 Å². The zero-order valence-corrected chi connectivity index (χ0v) is 15.1. The molecule has 6 nitrogen and oxygen atoms in total. The van der Waals surface area contributed by atoms with Crippen LogP contribution in [0.25, 0.3) is 11.4 Å². The number of ether oxygens (including phenoxy) is 1. The van der Waals surface area contributed by atoms with Gasteiger partial charge in [0.25, 0.3) is 5.91 Å². The van der Waals surface area contributed by atoms with E-state index in [9.17, 15) is 4.79 Å². The molecule has 0 fully saturated rings. The lowest BCUT2D eigenvalue weighted by molar-refractivity contribution is -0.132. The third kappa shape index (κ3) is 4.27. The SMILES string of the molecule is Cc1ccc(C)c(OCC(=O)N(C)Cc2nc(-c3ccccc3)no2)c1. The van der Waals surface area contributed by atoms with Crippen molar-refractivity contribution in [2.75, 3.05) is 13.7 Å². The van der Waals surface area contributed by atoms with Crippen molar-refractivity contribution in [3.05, 3.63) is 65.5 Å². The minimum Gasteiger partial charge on any atom is -0.483 e. The van der Waals surface area contributed by atoms with Crippen molar-refractivity contribution in [1.82, 2.24) is 15.0 Å². The van der Waals surface area contributed by atoms with Crippen molar-refractivity contribution in [2.24, 2.45) is 0 Å². The Bertz CT molecular complexity index is 890. The first-order valence-electron chi connectivity index (χ1n) is 8.35. The first kappa shape index (κ1) is 17.7. The first-order chi connectivity index (χ1) is 12.5. The molecule has 0 N–H and O–H groups in total. The van der Waals surface area contributed by atoms with Crippen LogP contribution < -0.4 is 4.74 Å². The summed E-state index contributed by atoms with van der Waals surface area (Å²) in [6.45, 7) is 4.13. The second-order valence-corrected chi connectivity index (χ2v) is 6.19. The van der Waals surface area contributed by atoms with Gasteiger partial charge in [-0.15, -0.1) is 0 Å². The molecule has 0 aliphatic carbocycles. The summed E-state index contributed by atoms with van der Waals surface area (Å²) < 4.78 is 10.9. The Morgan fingerprint density at radius 1 is 1.15 bits per heavy atom. The average molecular weight is 351 g/mol. The topological polar surface area (TPSA) is 68.5 Å². The third-order valence-electron chi connectivity index (χ3n) is 3.99. The van der Waals surface area contributed by atoms with Crippen molar-refractivity contribution in [3.8, 4) is 17.1 Å². The molecule has 1 amide bonds. The van der Waals surface area contributed by atoms with Gasteiger partial charge in [-0.3, -0.25) is 4.79 Å². The van der Waals surface area contributed by atoms with Gasteiger partial charge in [-0.1, -0.05) is 47.6 Å². The maximum Gasteiger partial charge on any atom is 0.260 e. The van der Waals surface area contributed by atoms with Gasteiger partial charge in [0.2, 0.25) is 11.7 Å². The number of benzene rings is 2. The number of likely N-dealkylation sites (N-methyl/N-ethyl adjacent to an activating group) is 1. The summed E-state index contributed by atoms with van der Waals surface area (Å²) in [5, 5.41) is 3.96. The minimum absolute atomic E-state index is 0.0412. The lowest BCUT2D eigenvalue weighted by Crippen LogP contribution is -2.31. The summed E-state index contributed by atoms with van der Waals surface area (Å²) in [4.78, 5) is 18.1. The first-order valence-corrected chi connectivity index (χ1v) is 8.35. The average Bonchev–Trinajstić information content (AvgIpc) is 3.11. The van der Waals surface area contributed by atoms with Gasteiger partial charge >= 0.3 is 0 Å². The highest BCUT2D eigenvalue weighted by Crippen LogP contribution is 2.19. The number of aryl methyl sites for hydroxylation is 2. The molecule has 0 saturated heterocycles. The van der Waals surface area contributed by atoms with Gasteiger partial charge in [-0.25, -0.2) is 0 Å². The molecule has 1 aromatic heterocycles. The molecular formula is C20H21N3O3. The van der Waals surface area contributed by atoms with E-state index >= 15 is 0 Å². The number of hydrogen-bond donors (Lipinski definition) is 0. The van der Waals surface area contributed by atoms with Crippen LogP contribution in [0.3, 0.4) is 0 Å². The van der Waals surface area contributed by atoms with E-state index in [1.807, 2.05) is 62.4 Å². The Morgan fingerprint density at radius 3 is 2.69 bits per heavy atom. The fourth-order valence-corrected chi connectivity index (χ4v) is 2.43. The van der Waals surface area contributed by atoms with Crippen molar-refractivity contribution < 1.29 is 14.1 Å². The van der Waals surface area contributed by atoms with Crippen LogP contribution >= 0.6 is 0 Å². The van der Waals surface area contributed by atoms with E-state index in [2.05, 4.69) is 10.1 Å². The van der Waals surface area contributed by atoms with E-state index in [0.717, 1.165) is 22.4 Å². The molecule has 0 radical (unpaired) electrons. The highest BCUT2D eigenvalue weighted by atomic mass is 16.5. The maximum atomic E-state index is 12.3. The molecule has 0 bridgehead atoms. The van der Waals surface area contributed by atoms with Crippen LogP contribution in [0.1, 0.15) is 17.0 Å². The zero-order valence-electron chi connectivity index (χ0n) is 15.1. The second-order valence-electron chi connectivity index (χ2n) is 6.19. The highest BCUT2D eigenvalue weighted by Gasteiger charge is 2.15. The van der Waals surface area contributed by atoms with E-state index < -0.39 is 0 Å². The Kier molecular flexibility index (Phi) is 5.31. The van der Waals surface area contributed by atoms with Crippen LogP contribution in [0, 0.1) is 13.8 Å². The smallest absolute Gasteiger partial charge is 0.260 e. The summed E-state index contributed by atoms with van der Waals surface area (Å²) in [5.41, 5.74) is 2.95. The lowest BCUT2D eigenvalue weighted by atomic mass is 10.1. The number of aromatic nitrogens is 2. The summed E-state index contributed by atoms with van der Waals surface area (Å²) >= 11 is 0. The van der Waals surface area contributed by atoms with Gasteiger partial charge in [0.15, 0.2) is 6.61 Å². The largest absolute Gasteiger partial charge is 0.483 e. The summed E-state index contributed by atoms with van der Waals surface area (Å²) in [6.07, 6.45) is 0. The molecule has 0 spiro atoms. The van der Waals surface area contributed by atoms with Gasteiger partial charge in [0.1, 0.15) is 5.75 Å². The van der Waals surface area contributed by atoms with Gasteiger partial charge in [-0.2, -0.15) is 4.98 Å². The fourth-order valence-electron chi connectivity index (χ4n) is 2.43. The molecule has 0 unspecified atom stereocenters. The van der Waals surface area contributed by atoms with Gasteiger partial charge in [-0.05, 0) is 31.0 Å². The van der Waals surface area contributed by atoms with Gasteiger partial charge in [0.05, 0.1) is 6.54 Å². The number of carbonyl (C=O) groups excluding carboxylic acids is 1. The summed E-state index contributed by atoms with van der Waals surface area (Å²) in [5.74, 6) is 1.45. The van der Waals surface area contributed by atoms with E-state index in [4.69, 9.17) is 9.26 Å². The van der Waals surface area contributed by atoms with E-state index in [0.29, 0.717) is 11.7 Å². The zero-order chi connectivity index (χ0) is 18.5. The molecule has 134 valence electrons. The molecule has 3 rings (SSSR count). The standard InChI is InChI=1S/C20H21N3O3/c1-14-9-10-15(2)17(11-14)25-13-19(24)23(3)12-18-21-20(22-26-18)16-7-5-4-6-8-16/h4-11H,12-13H2,1-3H3. The van der Waals surface area contributed by atoms with E-state index in [-0.39, 0.29) is 19.1 Å².